The minimum atomic E-state index is 0.587. The highest BCUT2D eigenvalue weighted by atomic mass is 79.9. The Balaban J connectivity index is 2.02. The molecule has 1 aromatic rings. The van der Waals surface area contributed by atoms with E-state index in [4.69, 9.17) is 4.74 Å². The number of hydrogen-bond donors (Lipinski definition) is 1. The number of nitrogens with one attached hydrogen (secondary N) is 1. The first-order valence-electron chi connectivity index (χ1n) is 7.55. The Morgan fingerprint density at radius 2 is 2.14 bits per heavy atom. The van der Waals surface area contributed by atoms with Gasteiger partial charge in [0.05, 0.1) is 11.1 Å². The van der Waals surface area contributed by atoms with Crippen LogP contribution in [0.1, 0.15) is 32.3 Å². The number of hydrogen-bond acceptors (Lipinski definition) is 3. The van der Waals surface area contributed by atoms with E-state index < -0.39 is 0 Å². The van der Waals surface area contributed by atoms with E-state index in [1.807, 2.05) is 13.0 Å². The van der Waals surface area contributed by atoms with Gasteiger partial charge in [-0.25, -0.2) is 0 Å². The molecule has 0 aliphatic carbocycles. The molecule has 21 heavy (non-hydrogen) atoms. The lowest BCUT2D eigenvalue weighted by atomic mass is 9.98. The Bertz CT molecular complexity index is 482. The van der Waals surface area contributed by atoms with Crippen LogP contribution in [0.4, 0.5) is 0 Å². The smallest absolute Gasteiger partial charge is 0.138 e. The number of halogens is 2. The number of rotatable bonds is 5. The van der Waals surface area contributed by atoms with E-state index in [1.165, 1.54) is 24.9 Å². The normalized spacial score (nSPS) is 23.3. The van der Waals surface area contributed by atoms with Crippen molar-refractivity contribution in [1.29, 1.82) is 0 Å². The maximum absolute atomic E-state index is 5.78. The molecule has 1 fully saturated rings. The summed E-state index contributed by atoms with van der Waals surface area (Å²) >= 11 is 7.15. The summed E-state index contributed by atoms with van der Waals surface area (Å²) in [4.78, 5) is 2.43. The third-order valence-corrected chi connectivity index (χ3v) is 5.21. The summed E-state index contributed by atoms with van der Waals surface area (Å²) in [6.45, 7) is 7.01. The summed E-state index contributed by atoms with van der Waals surface area (Å²) < 4.78 is 7.87. The standard InChI is InChI=1S/C16H24Br2N2O/c1-4-21-16-12(8-13(17)9-15(16)18)10-19-14-5-6-20(3)11(2)7-14/h8-9,11,14,19H,4-7,10H2,1-3H3. The lowest BCUT2D eigenvalue weighted by Crippen LogP contribution is -2.45. The van der Waals surface area contributed by atoms with Crippen LogP contribution in [0.15, 0.2) is 21.1 Å². The zero-order chi connectivity index (χ0) is 15.4. The van der Waals surface area contributed by atoms with Gasteiger partial charge in [-0.15, -0.1) is 0 Å². The molecule has 3 nitrogen and oxygen atoms in total. The van der Waals surface area contributed by atoms with Crippen molar-refractivity contribution in [3.63, 3.8) is 0 Å². The van der Waals surface area contributed by atoms with E-state index in [9.17, 15) is 0 Å². The highest BCUT2D eigenvalue weighted by Gasteiger charge is 2.22. The van der Waals surface area contributed by atoms with Gasteiger partial charge >= 0.3 is 0 Å². The second-order valence-corrected chi connectivity index (χ2v) is 7.51. The van der Waals surface area contributed by atoms with E-state index in [1.54, 1.807) is 0 Å². The highest BCUT2D eigenvalue weighted by molar-refractivity contribution is 9.11. The second kappa shape index (κ2) is 7.95. The molecule has 1 aliphatic heterocycles. The monoisotopic (exact) mass is 418 g/mol. The fourth-order valence-corrected chi connectivity index (χ4v) is 4.21. The average molecular weight is 420 g/mol. The lowest BCUT2D eigenvalue weighted by Gasteiger charge is -2.35. The number of ether oxygens (including phenoxy) is 1. The molecule has 0 radical (unpaired) electrons. The topological polar surface area (TPSA) is 24.5 Å². The molecular weight excluding hydrogens is 396 g/mol. The molecule has 0 aromatic heterocycles. The fourth-order valence-electron chi connectivity index (χ4n) is 2.78. The zero-order valence-electron chi connectivity index (χ0n) is 13.0. The predicted molar refractivity (Wildman–Crippen MR) is 95.0 cm³/mol. The second-order valence-electron chi connectivity index (χ2n) is 5.74. The number of likely N-dealkylation sites (tertiary alicyclic amines) is 1. The van der Waals surface area contributed by atoms with Crippen LogP contribution in [-0.4, -0.2) is 37.2 Å². The van der Waals surface area contributed by atoms with Crippen molar-refractivity contribution in [3.8, 4) is 5.75 Å². The zero-order valence-corrected chi connectivity index (χ0v) is 16.1. The van der Waals surface area contributed by atoms with E-state index in [2.05, 4.69) is 62.1 Å². The van der Waals surface area contributed by atoms with Crippen molar-refractivity contribution >= 4 is 31.9 Å². The Hall–Kier alpha value is -0.100. The van der Waals surface area contributed by atoms with Crippen molar-refractivity contribution in [2.45, 2.75) is 45.3 Å². The third-order valence-electron chi connectivity index (χ3n) is 4.16. The summed E-state index contributed by atoms with van der Waals surface area (Å²) in [5.74, 6) is 0.953. The van der Waals surface area contributed by atoms with Gasteiger partial charge in [-0.2, -0.15) is 0 Å². The van der Waals surface area contributed by atoms with Gasteiger partial charge in [-0.1, -0.05) is 15.9 Å². The lowest BCUT2D eigenvalue weighted by molar-refractivity contribution is 0.168. The molecule has 1 aliphatic rings. The van der Waals surface area contributed by atoms with Gasteiger partial charge in [0, 0.05) is 28.7 Å². The Labute approximate surface area is 144 Å². The molecule has 118 valence electrons. The van der Waals surface area contributed by atoms with Gasteiger partial charge in [0.1, 0.15) is 5.75 Å². The fraction of sp³-hybridized carbons (Fsp3) is 0.625. The quantitative estimate of drug-likeness (QED) is 0.774. The van der Waals surface area contributed by atoms with Crippen molar-refractivity contribution in [3.05, 3.63) is 26.6 Å². The first-order chi connectivity index (χ1) is 10.0. The van der Waals surface area contributed by atoms with Crippen LogP contribution < -0.4 is 10.1 Å². The summed E-state index contributed by atoms with van der Waals surface area (Å²) in [5.41, 5.74) is 1.20. The molecule has 2 rings (SSSR count). The Morgan fingerprint density at radius 1 is 1.38 bits per heavy atom. The molecule has 5 heteroatoms. The highest BCUT2D eigenvalue weighted by Crippen LogP contribution is 2.33. The first kappa shape index (κ1) is 17.3. The minimum Gasteiger partial charge on any atom is -0.492 e. The van der Waals surface area contributed by atoms with E-state index in [0.717, 1.165) is 21.2 Å². The van der Waals surface area contributed by atoms with Crippen LogP contribution in [0.2, 0.25) is 0 Å². The van der Waals surface area contributed by atoms with Crippen molar-refractivity contribution in [1.82, 2.24) is 10.2 Å². The van der Waals surface area contributed by atoms with Crippen molar-refractivity contribution < 1.29 is 4.74 Å². The number of piperidine rings is 1. The first-order valence-corrected chi connectivity index (χ1v) is 9.14. The van der Waals surface area contributed by atoms with E-state index in [0.29, 0.717) is 18.7 Å². The van der Waals surface area contributed by atoms with Crippen LogP contribution >= 0.6 is 31.9 Å². The van der Waals surface area contributed by atoms with Crippen LogP contribution in [0.5, 0.6) is 5.75 Å². The average Bonchev–Trinajstić information content (AvgIpc) is 2.43. The Kier molecular flexibility index (Phi) is 6.53. The van der Waals surface area contributed by atoms with Gasteiger partial charge < -0.3 is 15.0 Å². The van der Waals surface area contributed by atoms with Gasteiger partial charge in [0.2, 0.25) is 0 Å². The molecule has 1 N–H and O–H groups in total. The molecule has 2 unspecified atom stereocenters. The largest absolute Gasteiger partial charge is 0.492 e. The molecule has 0 bridgehead atoms. The van der Waals surface area contributed by atoms with Gasteiger partial charge in [-0.3, -0.25) is 0 Å². The minimum absolute atomic E-state index is 0.587. The van der Waals surface area contributed by atoms with Crippen molar-refractivity contribution in [2.24, 2.45) is 0 Å². The van der Waals surface area contributed by atoms with Crippen molar-refractivity contribution in [2.75, 3.05) is 20.2 Å². The predicted octanol–water partition coefficient (Wildman–Crippen LogP) is 4.18. The maximum Gasteiger partial charge on any atom is 0.138 e. The summed E-state index contributed by atoms with van der Waals surface area (Å²) in [7, 11) is 2.21. The SMILES string of the molecule is CCOc1c(Br)cc(Br)cc1CNC1CCN(C)C(C)C1. The molecule has 0 saturated carbocycles. The third kappa shape index (κ3) is 4.68. The number of benzene rings is 1. The molecule has 1 saturated heterocycles. The number of nitrogens with zero attached hydrogens (tertiary/aromatic N) is 1. The molecule has 1 aromatic carbocycles. The van der Waals surface area contributed by atoms with E-state index >= 15 is 0 Å². The molecule has 0 amide bonds. The summed E-state index contributed by atoms with van der Waals surface area (Å²) in [6, 6.07) is 5.41. The van der Waals surface area contributed by atoms with Crippen LogP contribution in [-0.2, 0) is 6.54 Å². The molecule has 1 heterocycles. The van der Waals surface area contributed by atoms with Gasteiger partial charge in [0.15, 0.2) is 0 Å². The van der Waals surface area contributed by atoms with Gasteiger partial charge in [0.25, 0.3) is 0 Å². The van der Waals surface area contributed by atoms with Crippen LogP contribution in [0.25, 0.3) is 0 Å². The Morgan fingerprint density at radius 3 is 2.81 bits per heavy atom. The summed E-state index contributed by atoms with van der Waals surface area (Å²) in [5, 5.41) is 3.69. The molecular formula is C16H24Br2N2O. The summed E-state index contributed by atoms with van der Waals surface area (Å²) in [6.07, 6.45) is 2.41. The maximum atomic E-state index is 5.78. The van der Waals surface area contributed by atoms with E-state index in [-0.39, 0.29) is 0 Å². The molecule has 2 atom stereocenters. The van der Waals surface area contributed by atoms with Crippen LogP contribution in [0.3, 0.4) is 0 Å². The van der Waals surface area contributed by atoms with Gasteiger partial charge in [-0.05, 0) is 68.3 Å². The molecule has 0 spiro atoms. The van der Waals surface area contributed by atoms with Crippen LogP contribution in [0, 0.1) is 0 Å².